The first-order valence-electron chi connectivity index (χ1n) is 10.3. The molecule has 0 unspecified atom stereocenters. The maximum absolute atomic E-state index is 13.3. The molecule has 0 saturated carbocycles. The van der Waals surface area contributed by atoms with E-state index in [1.807, 2.05) is 29.0 Å². The second-order valence-electron chi connectivity index (χ2n) is 7.75. The van der Waals surface area contributed by atoms with E-state index in [0.29, 0.717) is 31.2 Å². The number of benzene rings is 1. The van der Waals surface area contributed by atoms with E-state index >= 15 is 0 Å². The van der Waals surface area contributed by atoms with Gasteiger partial charge in [0.25, 0.3) is 5.91 Å². The lowest BCUT2D eigenvalue weighted by molar-refractivity contribution is -0.0606. The Bertz CT molecular complexity index is 1280. The number of rotatable bonds is 6. The summed E-state index contributed by atoms with van der Waals surface area (Å²) in [7, 11) is 0. The van der Waals surface area contributed by atoms with Crippen LogP contribution in [0.3, 0.4) is 0 Å². The van der Waals surface area contributed by atoms with Crippen LogP contribution in [0.15, 0.2) is 61.1 Å². The van der Waals surface area contributed by atoms with Crippen molar-refractivity contribution in [2.45, 2.75) is 26.2 Å². The van der Waals surface area contributed by atoms with Crippen LogP contribution >= 0.6 is 24.8 Å². The second kappa shape index (κ2) is 10.9. The summed E-state index contributed by atoms with van der Waals surface area (Å²) in [6.45, 7) is 1.43. The lowest BCUT2D eigenvalue weighted by atomic mass is 9.99. The highest BCUT2D eigenvalue weighted by molar-refractivity contribution is 6.00. The molecule has 5 rings (SSSR count). The molecular weight excluding hydrogens is 482 g/mol. The summed E-state index contributed by atoms with van der Waals surface area (Å²) in [5, 5.41) is 11.5. The van der Waals surface area contributed by atoms with Crippen LogP contribution in [0.2, 0.25) is 0 Å². The molecule has 10 heteroatoms. The van der Waals surface area contributed by atoms with Crippen LogP contribution in [0, 0.1) is 5.82 Å². The molecule has 0 bridgehead atoms. The average Bonchev–Trinajstić information content (AvgIpc) is 3.16. The molecule has 1 amide bonds. The fraction of sp³-hybridized carbons (Fsp3) is 0.208. The van der Waals surface area contributed by atoms with Gasteiger partial charge in [0, 0.05) is 29.9 Å². The molecule has 4 heterocycles. The Morgan fingerprint density at radius 2 is 1.85 bits per heavy atom. The molecule has 0 fully saturated rings. The smallest absolute Gasteiger partial charge is 0.296 e. The van der Waals surface area contributed by atoms with Crippen LogP contribution in [0.5, 0.6) is 0 Å². The summed E-state index contributed by atoms with van der Waals surface area (Å²) >= 11 is 0. The number of hydroxylamine groups is 2. The van der Waals surface area contributed by atoms with Crippen molar-refractivity contribution in [3.05, 3.63) is 95.0 Å². The molecule has 0 aliphatic carbocycles. The number of hydrogen-bond acceptors (Lipinski definition) is 5. The topological polar surface area (TPSA) is 80.5 Å². The molecule has 7 nitrogen and oxygen atoms in total. The Hall–Kier alpha value is -3.04. The van der Waals surface area contributed by atoms with Gasteiger partial charge in [0.05, 0.1) is 37.2 Å². The van der Waals surface area contributed by atoms with E-state index in [1.165, 1.54) is 12.1 Å². The van der Waals surface area contributed by atoms with Crippen molar-refractivity contribution < 1.29 is 19.1 Å². The van der Waals surface area contributed by atoms with Crippen LogP contribution in [0.25, 0.3) is 10.9 Å². The number of halogens is 3. The minimum Gasteiger partial charge on any atom is -0.370 e. The summed E-state index contributed by atoms with van der Waals surface area (Å²) in [4.78, 5) is 21.1. The summed E-state index contributed by atoms with van der Waals surface area (Å²) in [6, 6.07) is 12.0. The van der Waals surface area contributed by atoms with Gasteiger partial charge in [0.2, 0.25) is 0 Å². The standard InChI is InChI=1S/C24H21FN4O3.2ClH/c25-18-6-4-16(5-7-18)12-28-13-17(14-32-15-19-3-1-2-9-26-19)22-20-8-10-29(31)24(30)23(20)27-11-21(22)28;;/h1-7,9,11,13,31H,8,10,12,14-15H2;2*1H. The molecule has 4 aromatic rings. The van der Waals surface area contributed by atoms with Gasteiger partial charge in [0.15, 0.2) is 0 Å². The highest BCUT2D eigenvalue weighted by Crippen LogP contribution is 2.31. The van der Waals surface area contributed by atoms with Crippen LogP contribution in [0.4, 0.5) is 4.39 Å². The number of hydrogen-bond donors (Lipinski definition) is 1. The summed E-state index contributed by atoms with van der Waals surface area (Å²) < 4.78 is 21.3. The van der Waals surface area contributed by atoms with Crippen molar-refractivity contribution in [3.8, 4) is 0 Å². The van der Waals surface area contributed by atoms with Gasteiger partial charge in [-0.3, -0.25) is 15.0 Å². The van der Waals surface area contributed by atoms with Crippen molar-refractivity contribution in [3.63, 3.8) is 0 Å². The normalized spacial score (nSPS) is 12.8. The number of fused-ring (bicyclic) bond motifs is 3. The second-order valence-corrected chi connectivity index (χ2v) is 7.75. The van der Waals surface area contributed by atoms with Gasteiger partial charge in [-0.25, -0.2) is 14.4 Å². The highest BCUT2D eigenvalue weighted by atomic mass is 35.5. The van der Waals surface area contributed by atoms with E-state index in [2.05, 4.69) is 9.97 Å². The number of aromatic nitrogens is 3. The van der Waals surface area contributed by atoms with E-state index < -0.39 is 5.91 Å². The zero-order chi connectivity index (χ0) is 22.1. The number of carbonyl (C=O) groups excluding carboxylic acids is 1. The molecule has 0 saturated heterocycles. The number of pyridine rings is 2. The fourth-order valence-electron chi connectivity index (χ4n) is 4.08. The largest absolute Gasteiger partial charge is 0.370 e. The predicted molar refractivity (Wildman–Crippen MR) is 129 cm³/mol. The third-order valence-electron chi connectivity index (χ3n) is 5.61. The van der Waals surface area contributed by atoms with E-state index in [0.717, 1.165) is 33.3 Å². The van der Waals surface area contributed by atoms with Gasteiger partial charge < -0.3 is 9.30 Å². The van der Waals surface area contributed by atoms with Gasteiger partial charge >= 0.3 is 0 Å². The van der Waals surface area contributed by atoms with Gasteiger partial charge in [0.1, 0.15) is 11.5 Å². The van der Waals surface area contributed by atoms with Crippen LogP contribution < -0.4 is 0 Å². The lowest BCUT2D eigenvalue weighted by Crippen LogP contribution is -2.35. The molecule has 0 radical (unpaired) electrons. The van der Waals surface area contributed by atoms with E-state index in [9.17, 15) is 14.4 Å². The van der Waals surface area contributed by atoms with Crippen molar-refractivity contribution >= 4 is 41.6 Å². The number of ether oxygens (including phenoxy) is 1. The van der Waals surface area contributed by atoms with Crippen LogP contribution in [-0.4, -0.2) is 37.3 Å². The lowest BCUT2D eigenvalue weighted by Gasteiger charge is -2.23. The first-order chi connectivity index (χ1) is 15.6. The third-order valence-corrected chi connectivity index (χ3v) is 5.61. The molecule has 1 aliphatic heterocycles. The summed E-state index contributed by atoms with van der Waals surface area (Å²) in [6.07, 6.45) is 5.86. The maximum Gasteiger partial charge on any atom is 0.296 e. The zero-order valence-corrected chi connectivity index (χ0v) is 19.7. The number of carbonyl (C=O) groups is 1. The highest BCUT2D eigenvalue weighted by Gasteiger charge is 2.28. The third kappa shape index (κ3) is 5.05. The number of nitrogens with zero attached hydrogens (tertiary/aromatic N) is 4. The van der Waals surface area contributed by atoms with Crippen molar-refractivity contribution in [1.29, 1.82) is 0 Å². The fourth-order valence-corrected chi connectivity index (χ4v) is 4.08. The van der Waals surface area contributed by atoms with Gasteiger partial charge in [-0.2, -0.15) is 0 Å². The Kier molecular flexibility index (Phi) is 8.22. The molecule has 1 aliphatic rings. The van der Waals surface area contributed by atoms with Crippen LogP contribution in [-0.2, 0) is 30.9 Å². The molecule has 0 spiro atoms. The Labute approximate surface area is 208 Å². The molecular formula is C24H23Cl2FN4O3. The first kappa shape index (κ1) is 25.6. The molecule has 1 aromatic carbocycles. The quantitative estimate of drug-likeness (QED) is 0.389. The minimum atomic E-state index is -0.500. The first-order valence-corrected chi connectivity index (χ1v) is 10.3. The zero-order valence-electron chi connectivity index (χ0n) is 18.1. The monoisotopic (exact) mass is 504 g/mol. The molecule has 3 aromatic heterocycles. The van der Waals surface area contributed by atoms with E-state index in [1.54, 1.807) is 24.5 Å². The maximum atomic E-state index is 13.3. The van der Waals surface area contributed by atoms with Gasteiger partial charge in [-0.05, 0) is 41.8 Å². The molecule has 34 heavy (non-hydrogen) atoms. The number of amides is 1. The van der Waals surface area contributed by atoms with Crippen LogP contribution in [0.1, 0.15) is 32.9 Å². The Balaban J connectivity index is 0.00000162. The molecule has 0 atom stereocenters. The Morgan fingerprint density at radius 1 is 1.06 bits per heavy atom. The predicted octanol–water partition coefficient (Wildman–Crippen LogP) is 4.57. The Morgan fingerprint density at radius 3 is 2.59 bits per heavy atom. The van der Waals surface area contributed by atoms with Crippen molar-refractivity contribution in [2.75, 3.05) is 6.54 Å². The minimum absolute atomic E-state index is 0. The average molecular weight is 505 g/mol. The molecule has 1 N–H and O–H groups in total. The van der Waals surface area contributed by atoms with Gasteiger partial charge in [-0.1, -0.05) is 18.2 Å². The van der Waals surface area contributed by atoms with Crippen molar-refractivity contribution in [2.24, 2.45) is 0 Å². The molecule has 178 valence electrons. The van der Waals surface area contributed by atoms with Crippen molar-refractivity contribution in [1.82, 2.24) is 19.6 Å². The summed E-state index contributed by atoms with van der Waals surface area (Å²) in [5.41, 5.74) is 4.64. The summed E-state index contributed by atoms with van der Waals surface area (Å²) in [5.74, 6) is -0.780. The van der Waals surface area contributed by atoms with E-state index in [4.69, 9.17) is 4.74 Å². The van der Waals surface area contributed by atoms with E-state index in [-0.39, 0.29) is 42.9 Å². The van der Waals surface area contributed by atoms with Gasteiger partial charge in [-0.15, -0.1) is 24.8 Å². The SMILES string of the molecule is Cl.Cl.O=C1c2ncc3c(c(COCc4ccccn4)cn3Cc3ccc(F)cc3)c2CCN1O.